The Hall–Kier alpha value is -6.20. The number of para-hydroxylation sites is 2. The fourth-order valence-electron chi connectivity index (χ4n) is 5.77. The lowest BCUT2D eigenvalue weighted by Gasteiger charge is -2.37. The third kappa shape index (κ3) is 11.4. The maximum atomic E-state index is 13.1. The second kappa shape index (κ2) is 20.7. The van der Waals surface area contributed by atoms with Gasteiger partial charge in [0, 0.05) is 45.7 Å². The van der Waals surface area contributed by atoms with E-state index in [4.69, 9.17) is 14.3 Å². The lowest BCUT2D eigenvalue weighted by molar-refractivity contribution is -0.875. The molecule has 272 valence electrons. The number of hydrogen-bond acceptors (Lipinski definition) is 5. The molecule has 0 spiro atoms. The van der Waals surface area contributed by atoms with Gasteiger partial charge in [0.15, 0.2) is 11.6 Å². The molecular formula is C44H39BF2N2O5. The molecule has 0 aliphatic rings. The van der Waals surface area contributed by atoms with Crippen molar-refractivity contribution < 1.29 is 42.6 Å². The zero-order chi connectivity index (χ0) is 37.9. The smallest absolute Gasteiger partial charge is 0.239 e. The van der Waals surface area contributed by atoms with Crippen LogP contribution < -0.4 is 29.2 Å². The molecular weight excluding hydrogens is 685 g/mol. The number of halogens is 2. The van der Waals surface area contributed by atoms with Crippen LogP contribution in [0.2, 0.25) is 0 Å². The van der Waals surface area contributed by atoms with E-state index < -0.39 is 7.32 Å². The summed E-state index contributed by atoms with van der Waals surface area (Å²) < 4.78 is 33.9. The van der Waals surface area contributed by atoms with Crippen molar-refractivity contribution >= 4 is 7.32 Å². The van der Waals surface area contributed by atoms with E-state index in [9.17, 15) is 18.8 Å². The highest BCUT2D eigenvalue weighted by atomic mass is 19.1. The molecule has 0 saturated carbocycles. The summed E-state index contributed by atoms with van der Waals surface area (Å²) in [5.74, 6) is -0.319. The molecule has 10 heteroatoms. The predicted octanol–water partition coefficient (Wildman–Crippen LogP) is 6.43. The average molecular weight is 725 g/mol. The van der Waals surface area contributed by atoms with Crippen LogP contribution in [-0.2, 0) is 10.1 Å². The summed E-state index contributed by atoms with van der Waals surface area (Å²) in [4.78, 5) is 10.5. The predicted molar refractivity (Wildman–Crippen MR) is 198 cm³/mol. The molecule has 7 rings (SSSR count). The van der Waals surface area contributed by atoms with Crippen molar-refractivity contribution in [2.24, 2.45) is 0 Å². The maximum Gasteiger partial charge on any atom is 0.239 e. The number of nitrogens with zero attached hydrogens (tertiary/aromatic N) is 2. The normalized spacial score (nSPS) is 10.5. The van der Waals surface area contributed by atoms with Gasteiger partial charge in [-0.3, -0.25) is 0 Å². The Morgan fingerprint density at radius 1 is 0.463 bits per heavy atom. The molecule has 7 nitrogen and oxygen atoms in total. The molecule has 2 aromatic heterocycles. The van der Waals surface area contributed by atoms with Crippen molar-refractivity contribution in [3.8, 4) is 11.5 Å². The molecule has 7 aromatic rings. The first-order valence-electron chi connectivity index (χ1n) is 17.3. The molecule has 0 fully saturated rings. The topological polar surface area (TPSA) is 81.6 Å². The van der Waals surface area contributed by atoms with E-state index in [1.165, 1.54) is 38.3 Å². The zero-order valence-corrected chi connectivity index (χ0v) is 29.4. The minimum Gasteiger partial charge on any atom is -0.871 e. The first-order valence-corrected chi connectivity index (χ1v) is 17.3. The maximum absolute atomic E-state index is 13.1. The van der Waals surface area contributed by atoms with Gasteiger partial charge < -0.3 is 14.7 Å². The number of rotatable bonds is 12. The van der Waals surface area contributed by atoms with Gasteiger partial charge in [0.1, 0.15) is 0 Å². The highest BCUT2D eigenvalue weighted by Gasteiger charge is 2.35. The molecule has 0 saturated heterocycles. The van der Waals surface area contributed by atoms with Crippen LogP contribution in [0.25, 0.3) is 0 Å². The summed E-state index contributed by atoms with van der Waals surface area (Å²) in [6.45, 7) is 0.159. The highest BCUT2D eigenvalue weighted by Crippen LogP contribution is 2.43. The van der Waals surface area contributed by atoms with Gasteiger partial charge >= 0.3 is 0 Å². The van der Waals surface area contributed by atoms with Gasteiger partial charge in [0.2, 0.25) is 36.3 Å². The van der Waals surface area contributed by atoms with E-state index in [-0.39, 0.29) is 35.2 Å². The minimum atomic E-state index is -2.23. The molecule has 0 aliphatic carbocycles. The van der Waals surface area contributed by atoms with Gasteiger partial charge in [-0.25, -0.2) is 18.5 Å². The summed E-state index contributed by atoms with van der Waals surface area (Å²) in [5, 5.41) is 21.4. The molecule has 0 amide bonds. The Balaban J connectivity index is 0.000000169. The lowest BCUT2D eigenvalue weighted by atomic mass is 9.67. The second-order valence-corrected chi connectivity index (χ2v) is 11.8. The summed E-state index contributed by atoms with van der Waals surface area (Å²) in [5.41, 5.74) is 3.17. The van der Waals surface area contributed by atoms with E-state index in [1.807, 2.05) is 66.7 Å². The van der Waals surface area contributed by atoms with Crippen LogP contribution >= 0.6 is 0 Å². The van der Waals surface area contributed by atoms with E-state index in [0.717, 1.165) is 6.42 Å². The van der Waals surface area contributed by atoms with Crippen LogP contribution in [0, 0.1) is 11.6 Å². The molecule has 0 radical (unpaired) electrons. The first-order chi connectivity index (χ1) is 26.5. The van der Waals surface area contributed by atoms with Crippen LogP contribution in [-0.4, -0.2) is 13.9 Å². The van der Waals surface area contributed by atoms with E-state index in [2.05, 4.69) is 36.4 Å². The Kier molecular flexibility index (Phi) is 15.0. The first kappa shape index (κ1) is 39.0. The van der Waals surface area contributed by atoms with Crippen molar-refractivity contribution in [1.82, 2.24) is 0 Å². The monoisotopic (exact) mass is 724 g/mol. The van der Waals surface area contributed by atoms with Gasteiger partial charge in [0.25, 0.3) is 0 Å². The standard InChI is InChI=1S/C22H21BO3.2C11H9FNO/c24-23(25)26-18-10-17-22(19-11-4-1-5-12-19,20-13-6-2-7-14-20)21-15-8-3-9-16-21;2*12-10-6-2-3-7-11(10)14-13-8-4-1-5-9-13/h1-9,11-16H,10,17-18H2;2*1-9H/q-2;2*+1. The van der Waals surface area contributed by atoms with Crippen molar-refractivity contribution in [2.45, 2.75) is 18.3 Å². The third-order valence-corrected chi connectivity index (χ3v) is 8.21. The van der Waals surface area contributed by atoms with Crippen LogP contribution in [0.1, 0.15) is 29.5 Å². The summed E-state index contributed by atoms with van der Waals surface area (Å²) >= 11 is 0. The molecule has 5 aromatic carbocycles. The Morgan fingerprint density at radius 3 is 1.15 bits per heavy atom. The van der Waals surface area contributed by atoms with Gasteiger partial charge in [-0.05, 0) is 53.8 Å². The largest absolute Gasteiger partial charge is 0.871 e. The molecule has 0 atom stereocenters. The van der Waals surface area contributed by atoms with Crippen molar-refractivity contribution in [1.29, 1.82) is 0 Å². The molecule has 54 heavy (non-hydrogen) atoms. The van der Waals surface area contributed by atoms with Crippen LogP contribution in [0.4, 0.5) is 8.78 Å². The second-order valence-electron chi connectivity index (χ2n) is 11.8. The lowest BCUT2D eigenvalue weighted by Crippen LogP contribution is -2.48. The van der Waals surface area contributed by atoms with Gasteiger partial charge in [0.05, 0.1) is 7.32 Å². The van der Waals surface area contributed by atoms with E-state index in [1.54, 1.807) is 85.5 Å². The fraction of sp³-hybridized carbons (Fsp3) is 0.0909. The Morgan fingerprint density at radius 2 is 0.796 bits per heavy atom. The van der Waals surface area contributed by atoms with E-state index >= 15 is 0 Å². The molecule has 0 aliphatic heterocycles. The highest BCUT2D eigenvalue weighted by molar-refractivity contribution is 6.28. The Bertz CT molecular complexity index is 1900. The molecule has 0 bridgehead atoms. The zero-order valence-electron chi connectivity index (χ0n) is 29.4. The number of aromatic nitrogens is 2. The number of pyridine rings is 2. The number of benzene rings is 5. The van der Waals surface area contributed by atoms with Gasteiger partial charge in [-0.2, -0.15) is 0 Å². The summed E-state index contributed by atoms with van der Waals surface area (Å²) in [6, 6.07) is 54.6. The molecule has 0 unspecified atom stereocenters. The Labute approximate surface area is 314 Å². The summed E-state index contributed by atoms with van der Waals surface area (Å²) in [7, 11) is -2.23. The van der Waals surface area contributed by atoms with Crippen molar-refractivity contribution in [2.75, 3.05) is 6.61 Å². The van der Waals surface area contributed by atoms with Crippen molar-refractivity contribution in [3.63, 3.8) is 0 Å². The number of hydrogen-bond donors (Lipinski definition) is 0. The van der Waals surface area contributed by atoms with Crippen LogP contribution in [0.5, 0.6) is 11.5 Å². The molecule has 0 N–H and O–H groups in total. The van der Waals surface area contributed by atoms with Crippen LogP contribution in [0.15, 0.2) is 201 Å². The summed E-state index contributed by atoms with van der Waals surface area (Å²) in [6.07, 6.45) is 8.15. The van der Waals surface area contributed by atoms with Crippen LogP contribution in [0.3, 0.4) is 0 Å². The quantitative estimate of drug-likeness (QED) is 0.0628. The fourth-order valence-corrected chi connectivity index (χ4v) is 5.77. The SMILES string of the molecule is Fc1ccccc1O[n+]1ccccc1.Fc1ccccc1O[n+]1ccccc1.[O-]B([O-])OCCCC(c1ccccc1)(c1ccccc1)c1ccccc1. The third-order valence-electron chi connectivity index (χ3n) is 8.21. The minimum absolute atomic E-state index is 0.159. The molecule has 2 heterocycles. The van der Waals surface area contributed by atoms with Gasteiger partial charge in [-0.15, -0.1) is 0 Å². The van der Waals surface area contributed by atoms with Gasteiger partial charge in [-0.1, -0.05) is 127 Å². The van der Waals surface area contributed by atoms with E-state index in [0.29, 0.717) is 6.42 Å². The van der Waals surface area contributed by atoms with Crippen molar-refractivity contribution in [3.05, 3.63) is 229 Å². The average Bonchev–Trinajstić information content (AvgIpc) is 3.22.